The normalized spacial score (nSPS) is 27.9. The summed E-state index contributed by atoms with van der Waals surface area (Å²) in [5.41, 5.74) is 0. The van der Waals surface area contributed by atoms with E-state index in [-0.39, 0.29) is 37.2 Å². The maximum Gasteiger partial charge on any atom is 0.290 e. The molecule has 9 nitrogen and oxygen atoms in total. The van der Waals surface area contributed by atoms with E-state index in [0.717, 1.165) is 12.2 Å². The van der Waals surface area contributed by atoms with Gasteiger partial charge in [-0.25, -0.2) is 4.98 Å². The summed E-state index contributed by atoms with van der Waals surface area (Å²) in [6.07, 6.45) is 3.74. The lowest BCUT2D eigenvalue weighted by Gasteiger charge is -2.17. The molecule has 2 aliphatic rings. The fourth-order valence-electron chi connectivity index (χ4n) is 2.96. The molecule has 9 heteroatoms. The van der Waals surface area contributed by atoms with Gasteiger partial charge >= 0.3 is 0 Å². The topological polar surface area (TPSA) is 123 Å². The van der Waals surface area contributed by atoms with Crippen LogP contribution in [0.5, 0.6) is 0 Å². The van der Waals surface area contributed by atoms with Crippen molar-refractivity contribution in [2.45, 2.75) is 50.7 Å². The zero-order valence-corrected chi connectivity index (χ0v) is 13.5. The molecular formula is C15H23N3O6. The van der Waals surface area contributed by atoms with Gasteiger partial charge in [0.2, 0.25) is 5.91 Å². The van der Waals surface area contributed by atoms with Crippen molar-refractivity contribution in [2.75, 3.05) is 13.2 Å². The number of aromatic nitrogens is 2. The lowest BCUT2D eigenvalue weighted by atomic mass is 10.1. The third-order valence-corrected chi connectivity index (χ3v) is 4.07. The van der Waals surface area contributed by atoms with Crippen molar-refractivity contribution < 1.29 is 29.3 Å². The molecule has 4 atom stereocenters. The number of nitrogens with one attached hydrogen (secondary N) is 1. The van der Waals surface area contributed by atoms with E-state index in [9.17, 15) is 9.90 Å². The Morgan fingerprint density at radius 3 is 2.88 bits per heavy atom. The van der Waals surface area contributed by atoms with Crippen molar-refractivity contribution in [1.29, 1.82) is 0 Å². The molecule has 0 bridgehead atoms. The van der Waals surface area contributed by atoms with Crippen molar-refractivity contribution in [3.8, 4) is 0 Å². The van der Waals surface area contributed by atoms with Crippen LogP contribution in [-0.4, -0.2) is 69.7 Å². The zero-order chi connectivity index (χ0) is 17.5. The van der Waals surface area contributed by atoms with E-state index < -0.39 is 6.10 Å². The summed E-state index contributed by atoms with van der Waals surface area (Å²) >= 11 is 0. The van der Waals surface area contributed by atoms with Gasteiger partial charge in [-0.2, -0.15) is 0 Å². The first kappa shape index (κ1) is 18.4. The molecule has 3 N–H and O–H groups in total. The number of aliphatic hydroxyl groups excluding tert-OH is 1. The van der Waals surface area contributed by atoms with Crippen LogP contribution in [0.1, 0.15) is 19.2 Å². The molecule has 0 saturated carbocycles. The summed E-state index contributed by atoms with van der Waals surface area (Å²) in [6.45, 7) is 3.07. The molecule has 1 aromatic rings. The minimum Gasteiger partial charge on any atom is -0.483 e. The maximum atomic E-state index is 12.0. The number of hydrogen-bond acceptors (Lipinski definition) is 6. The second-order valence-corrected chi connectivity index (χ2v) is 5.58. The second kappa shape index (κ2) is 8.76. The van der Waals surface area contributed by atoms with Crippen LogP contribution >= 0.6 is 0 Å². The SMILES string of the molecule is CCc1nccn1CCC(=O)N[C@H]1CO[C@H]2[C@@H]1OC[C@@H]2O.O=CO. The minimum absolute atomic E-state index is 0.0370. The second-order valence-electron chi connectivity index (χ2n) is 5.58. The van der Waals surface area contributed by atoms with Crippen LogP contribution in [0.15, 0.2) is 12.4 Å². The lowest BCUT2D eigenvalue weighted by molar-refractivity contribution is -0.123. The number of nitrogens with zero attached hydrogens (tertiary/aromatic N) is 2. The van der Waals surface area contributed by atoms with Gasteiger partial charge in [0, 0.05) is 31.8 Å². The molecular weight excluding hydrogens is 318 g/mol. The van der Waals surface area contributed by atoms with Crippen LogP contribution in [-0.2, 0) is 32.0 Å². The van der Waals surface area contributed by atoms with Crippen molar-refractivity contribution in [1.82, 2.24) is 14.9 Å². The lowest BCUT2D eigenvalue weighted by Crippen LogP contribution is -2.44. The minimum atomic E-state index is -0.588. The van der Waals surface area contributed by atoms with Crippen LogP contribution in [0.25, 0.3) is 0 Å². The number of imidazole rings is 1. The van der Waals surface area contributed by atoms with Gasteiger partial charge in [-0.05, 0) is 0 Å². The van der Waals surface area contributed by atoms with Gasteiger partial charge in [-0.15, -0.1) is 0 Å². The fourth-order valence-corrected chi connectivity index (χ4v) is 2.96. The van der Waals surface area contributed by atoms with E-state index in [0.29, 0.717) is 19.6 Å². The molecule has 1 aromatic heterocycles. The first-order valence-corrected chi connectivity index (χ1v) is 7.89. The fraction of sp³-hybridized carbons (Fsp3) is 0.667. The molecule has 3 heterocycles. The molecule has 0 unspecified atom stereocenters. The number of carboxylic acid groups (broad SMARTS) is 1. The third-order valence-electron chi connectivity index (χ3n) is 4.07. The number of fused-ring (bicyclic) bond motifs is 1. The van der Waals surface area contributed by atoms with Crippen molar-refractivity contribution in [3.63, 3.8) is 0 Å². The molecule has 1 amide bonds. The average Bonchev–Trinajstić information content (AvgIpc) is 3.25. The highest BCUT2D eigenvalue weighted by atomic mass is 16.6. The number of aryl methyl sites for hydroxylation is 2. The molecule has 0 spiro atoms. The highest BCUT2D eigenvalue weighted by Crippen LogP contribution is 2.26. The van der Waals surface area contributed by atoms with Gasteiger partial charge in [0.15, 0.2) is 0 Å². The van der Waals surface area contributed by atoms with Gasteiger partial charge < -0.3 is 29.6 Å². The number of carbonyl (C=O) groups excluding carboxylic acids is 1. The van der Waals surface area contributed by atoms with Crippen LogP contribution < -0.4 is 5.32 Å². The standard InChI is InChI=1S/C14H21N3O4.CH2O2/c1-2-11-15-4-6-17(11)5-3-12(19)16-9-7-20-14-10(18)8-21-13(9)14;2-1-3/h4,6,9-10,13-14,18H,2-3,5,7-8H2,1H3,(H,16,19);1H,(H,2,3)/t9-,10-,13+,14+;/m0./s1. The highest BCUT2D eigenvalue weighted by Gasteiger charge is 2.47. The first-order chi connectivity index (χ1) is 11.6. The molecule has 2 fully saturated rings. The third kappa shape index (κ3) is 4.31. The Morgan fingerprint density at radius 2 is 2.17 bits per heavy atom. The number of hydrogen-bond donors (Lipinski definition) is 3. The van der Waals surface area contributed by atoms with E-state index in [4.69, 9.17) is 19.4 Å². The van der Waals surface area contributed by atoms with E-state index >= 15 is 0 Å². The number of amides is 1. The quantitative estimate of drug-likeness (QED) is 0.598. The molecule has 3 rings (SSSR count). The number of ether oxygens (including phenoxy) is 2. The summed E-state index contributed by atoms with van der Waals surface area (Å²) in [5.74, 6) is 0.944. The van der Waals surface area contributed by atoms with E-state index in [1.807, 2.05) is 17.7 Å². The van der Waals surface area contributed by atoms with Gasteiger partial charge in [-0.1, -0.05) is 6.92 Å². The first-order valence-electron chi connectivity index (χ1n) is 7.89. The average molecular weight is 341 g/mol. The molecule has 0 radical (unpaired) electrons. The van der Waals surface area contributed by atoms with Crippen molar-refractivity contribution in [2.24, 2.45) is 0 Å². The maximum absolute atomic E-state index is 12.0. The summed E-state index contributed by atoms with van der Waals surface area (Å²) in [4.78, 5) is 24.6. The summed E-state index contributed by atoms with van der Waals surface area (Å²) in [5, 5.41) is 19.5. The van der Waals surface area contributed by atoms with Gasteiger partial charge in [0.25, 0.3) is 6.47 Å². The van der Waals surface area contributed by atoms with Crippen LogP contribution in [0, 0.1) is 0 Å². The van der Waals surface area contributed by atoms with Crippen LogP contribution in [0.2, 0.25) is 0 Å². The Labute approximate surface area is 139 Å². The van der Waals surface area contributed by atoms with Gasteiger partial charge in [0.05, 0.1) is 19.3 Å². The number of carbonyl (C=O) groups is 2. The van der Waals surface area contributed by atoms with Crippen LogP contribution in [0.3, 0.4) is 0 Å². The summed E-state index contributed by atoms with van der Waals surface area (Å²) < 4.78 is 13.0. The van der Waals surface area contributed by atoms with Crippen molar-refractivity contribution >= 4 is 12.4 Å². The van der Waals surface area contributed by atoms with Gasteiger partial charge in [0.1, 0.15) is 24.1 Å². The zero-order valence-electron chi connectivity index (χ0n) is 13.5. The predicted octanol–water partition coefficient (Wildman–Crippen LogP) is -0.820. The Hall–Kier alpha value is -1.97. The molecule has 0 aliphatic carbocycles. The monoisotopic (exact) mass is 341 g/mol. The molecule has 134 valence electrons. The van der Waals surface area contributed by atoms with E-state index in [2.05, 4.69) is 10.3 Å². The number of rotatable bonds is 5. The van der Waals surface area contributed by atoms with Gasteiger partial charge in [-0.3, -0.25) is 9.59 Å². The number of aliphatic hydroxyl groups is 1. The van der Waals surface area contributed by atoms with E-state index in [1.165, 1.54) is 0 Å². The van der Waals surface area contributed by atoms with Crippen LogP contribution in [0.4, 0.5) is 0 Å². The molecule has 0 aromatic carbocycles. The molecule has 2 aliphatic heterocycles. The molecule has 2 saturated heterocycles. The van der Waals surface area contributed by atoms with Crippen molar-refractivity contribution in [3.05, 3.63) is 18.2 Å². The summed E-state index contributed by atoms with van der Waals surface area (Å²) in [6, 6.07) is -0.173. The molecule has 24 heavy (non-hydrogen) atoms. The van der Waals surface area contributed by atoms with E-state index in [1.54, 1.807) is 6.20 Å². The predicted molar refractivity (Wildman–Crippen MR) is 82.3 cm³/mol. The smallest absolute Gasteiger partial charge is 0.290 e. The Morgan fingerprint density at radius 1 is 1.46 bits per heavy atom. The summed E-state index contributed by atoms with van der Waals surface area (Å²) in [7, 11) is 0. The Kier molecular flexibility index (Phi) is 6.71. The Bertz CT molecular complexity index is 549. The Balaban J connectivity index is 0.000000647. The largest absolute Gasteiger partial charge is 0.483 e. The highest BCUT2D eigenvalue weighted by molar-refractivity contribution is 5.76.